The second-order valence-electron chi connectivity index (χ2n) is 6.24. The molecular formula is C21H17ClN2O. The van der Waals surface area contributed by atoms with Crippen molar-refractivity contribution in [3.63, 3.8) is 0 Å². The molecule has 0 aliphatic carbocycles. The van der Waals surface area contributed by atoms with Crippen molar-refractivity contribution in [2.75, 3.05) is 0 Å². The molecule has 0 fully saturated rings. The molecular weight excluding hydrogens is 332 g/mol. The molecule has 2 heterocycles. The van der Waals surface area contributed by atoms with Gasteiger partial charge in [0.25, 0.3) is 0 Å². The van der Waals surface area contributed by atoms with Gasteiger partial charge in [-0.25, -0.2) is 4.98 Å². The summed E-state index contributed by atoms with van der Waals surface area (Å²) in [6, 6.07) is 17.3. The molecule has 3 nitrogen and oxygen atoms in total. The number of carbonyl (C=O) groups is 1. The molecule has 4 rings (SSSR count). The minimum atomic E-state index is -0.0388. The molecule has 1 unspecified atom stereocenters. The van der Waals surface area contributed by atoms with Crippen LogP contribution in [0.2, 0.25) is 5.02 Å². The van der Waals surface area contributed by atoms with Crippen LogP contribution in [0.25, 0.3) is 11.1 Å². The van der Waals surface area contributed by atoms with Crippen LogP contribution in [0, 0.1) is 0 Å². The number of Topliss-reactive ketones (excluding diaryl/α,β-unsaturated/α-hetero) is 1. The molecule has 1 aromatic heterocycles. The van der Waals surface area contributed by atoms with Crippen LogP contribution < -0.4 is 0 Å². The number of ketones is 1. The zero-order chi connectivity index (χ0) is 17.4. The average Bonchev–Trinajstić information content (AvgIpc) is 3.20. The normalized spacial score (nSPS) is 16.2. The highest BCUT2D eigenvalue weighted by molar-refractivity contribution is 6.30. The average molecular weight is 349 g/mol. The summed E-state index contributed by atoms with van der Waals surface area (Å²) in [5.74, 6) is 0.101. The quantitative estimate of drug-likeness (QED) is 0.600. The summed E-state index contributed by atoms with van der Waals surface area (Å²) in [7, 11) is 0. The molecule has 2 aromatic carbocycles. The number of benzene rings is 2. The maximum atomic E-state index is 12.8. The number of halogens is 1. The highest BCUT2D eigenvalue weighted by atomic mass is 35.5. The number of hydrogen-bond donors (Lipinski definition) is 0. The Bertz CT molecular complexity index is 955. The third kappa shape index (κ3) is 2.81. The molecule has 3 aromatic rings. The molecule has 0 N–H and O–H groups in total. The van der Waals surface area contributed by atoms with Gasteiger partial charge in [-0.1, -0.05) is 41.9 Å². The lowest BCUT2D eigenvalue weighted by Crippen LogP contribution is -2.13. The third-order valence-electron chi connectivity index (χ3n) is 4.75. The number of allylic oxidation sites excluding steroid dienone is 2. The molecule has 1 atom stereocenters. The number of hydrogen-bond acceptors (Lipinski definition) is 2. The van der Waals surface area contributed by atoms with E-state index >= 15 is 0 Å². The molecule has 0 saturated carbocycles. The molecule has 0 radical (unpaired) electrons. The van der Waals surface area contributed by atoms with Crippen LogP contribution in [0.5, 0.6) is 0 Å². The Kier molecular flexibility index (Phi) is 4.02. The number of fused-ring (bicyclic) bond motifs is 1. The summed E-state index contributed by atoms with van der Waals surface area (Å²) in [5, 5.41) is 0.634. The molecule has 4 heteroatoms. The van der Waals surface area contributed by atoms with Gasteiger partial charge in [-0.3, -0.25) is 4.79 Å². The van der Waals surface area contributed by atoms with Crippen molar-refractivity contribution < 1.29 is 4.79 Å². The standard InChI is InChI=1S/C21H17ClN2O/c1-14-19-12-23-13-24(19)18(21(14)16-5-3-2-4-6-16)11-20(25)15-7-9-17(22)10-8-15/h2-10,12-13,18H,11H2,1H3. The van der Waals surface area contributed by atoms with Crippen molar-refractivity contribution in [1.29, 1.82) is 0 Å². The molecule has 0 bridgehead atoms. The predicted molar refractivity (Wildman–Crippen MR) is 101 cm³/mol. The summed E-state index contributed by atoms with van der Waals surface area (Å²) < 4.78 is 2.10. The fourth-order valence-corrected chi connectivity index (χ4v) is 3.65. The zero-order valence-corrected chi connectivity index (χ0v) is 14.6. The SMILES string of the molecule is CC1=C(c2ccccc2)C(CC(=O)c2ccc(Cl)cc2)n2cncc21. The minimum absolute atomic E-state index is 0.0388. The lowest BCUT2D eigenvalue weighted by Gasteiger charge is -2.18. The van der Waals surface area contributed by atoms with Gasteiger partial charge in [-0.15, -0.1) is 0 Å². The summed E-state index contributed by atoms with van der Waals surface area (Å²) in [5.41, 5.74) is 5.28. The Labute approximate surface area is 151 Å². The van der Waals surface area contributed by atoms with Gasteiger partial charge in [0, 0.05) is 17.0 Å². The fraction of sp³-hybridized carbons (Fsp3) is 0.143. The van der Waals surface area contributed by atoms with E-state index < -0.39 is 0 Å². The molecule has 0 saturated heterocycles. The second kappa shape index (κ2) is 6.34. The van der Waals surface area contributed by atoms with Crippen LogP contribution in [-0.2, 0) is 0 Å². The van der Waals surface area contributed by atoms with E-state index in [9.17, 15) is 4.79 Å². The summed E-state index contributed by atoms with van der Waals surface area (Å²) in [6.07, 6.45) is 4.08. The fourth-order valence-electron chi connectivity index (χ4n) is 3.53. The first kappa shape index (κ1) is 15.9. The van der Waals surface area contributed by atoms with E-state index in [0.717, 1.165) is 11.3 Å². The number of aromatic nitrogens is 2. The van der Waals surface area contributed by atoms with Crippen LogP contribution >= 0.6 is 11.6 Å². The monoisotopic (exact) mass is 348 g/mol. The smallest absolute Gasteiger partial charge is 0.165 e. The van der Waals surface area contributed by atoms with Crippen LogP contribution in [-0.4, -0.2) is 15.3 Å². The predicted octanol–water partition coefficient (Wildman–Crippen LogP) is 5.29. The van der Waals surface area contributed by atoms with Gasteiger partial charge in [-0.2, -0.15) is 0 Å². The van der Waals surface area contributed by atoms with Crippen LogP contribution in [0.1, 0.15) is 41.0 Å². The Morgan fingerprint density at radius 3 is 2.56 bits per heavy atom. The van der Waals surface area contributed by atoms with E-state index in [1.807, 2.05) is 30.7 Å². The van der Waals surface area contributed by atoms with E-state index in [2.05, 4.69) is 28.6 Å². The Balaban J connectivity index is 1.71. The van der Waals surface area contributed by atoms with Crippen molar-refractivity contribution in [2.45, 2.75) is 19.4 Å². The number of nitrogens with zero attached hydrogens (tertiary/aromatic N) is 2. The number of rotatable bonds is 4. The van der Waals surface area contributed by atoms with Crippen LogP contribution in [0.4, 0.5) is 0 Å². The van der Waals surface area contributed by atoms with Gasteiger partial charge in [0.2, 0.25) is 0 Å². The van der Waals surface area contributed by atoms with E-state index in [1.165, 1.54) is 11.1 Å². The first-order valence-electron chi connectivity index (χ1n) is 8.22. The largest absolute Gasteiger partial charge is 0.323 e. The Morgan fingerprint density at radius 2 is 1.84 bits per heavy atom. The van der Waals surface area contributed by atoms with Gasteiger partial charge in [0.1, 0.15) is 0 Å². The first-order valence-corrected chi connectivity index (χ1v) is 8.60. The molecule has 25 heavy (non-hydrogen) atoms. The molecule has 1 aliphatic heterocycles. The number of carbonyl (C=O) groups excluding carboxylic acids is 1. The van der Waals surface area contributed by atoms with E-state index in [-0.39, 0.29) is 11.8 Å². The minimum Gasteiger partial charge on any atom is -0.323 e. The Morgan fingerprint density at radius 1 is 1.12 bits per heavy atom. The second-order valence-corrected chi connectivity index (χ2v) is 6.68. The van der Waals surface area contributed by atoms with E-state index in [1.54, 1.807) is 24.3 Å². The summed E-state index contributed by atoms with van der Waals surface area (Å²) >= 11 is 5.93. The maximum Gasteiger partial charge on any atom is 0.165 e. The lowest BCUT2D eigenvalue weighted by atomic mass is 9.92. The van der Waals surface area contributed by atoms with Crippen LogP contribution in [0.15, 0.2) is 67.1 Å². The highest BCUT2D eigenvalue weighted by Crippen LogP contribution is 2.44. The third-order valence-corrected chi connectivity index (χ3v) is 5.00. The summed E-state index contributed by atoms with van der Waals surface area (Å²) in [6.45, 7) is 2.10. The van der Waals surface area contributed by atoms with Crippen molar-refractivity contribution >= 4 is 28.5 Å². The molecule has 0 spiro atoms. The number of imidazole rings is 1. The van der Waals surface area contributed by atoms with Crippen molar-refractivity contribution in [3.05, 3.63) is 89.0 Å². The molecule has 124 valence electrons. The lowest BCUT2D eigenvalue weighted by molar-refractivity contribution is 0.0972. The van der Waals surface area contributed by atoms with E-state index in [0.29, 0.717) is 17.0 Å². The van der Waals surface area contributed by atoms with Gasteiger partial charge >= 0.3 is 0 Å². The van der Waals surface area contributed by atoms with Crippen molar-refractivity contribution in [3.8, 4) is 0 Å². The first-order chi connectivity index (χ1) is 12.1. The Hall–Kier alpha value is -2.65. The van der Waals surface area contributed by atoms with Crippen molar-refractivity contribution in [2.24, 2.45) is 0 Å². The van der Waals surface area contributed by atoms with Crippen LogP contribution in [0.3, 0.4) is 0 Å². The van der Waals surface area contributed by atoms with Gasteiger partial charge in [0.15, 0.2) is 5.78 Å². The van der Waals surface area contributed by atoms with Gasteiger partial charge in [0.05, 0.1) is 24.3 Å². The molecule has 0 amide bonds. The zero-order valence-electron chi connectivity index (χ0n) is 13.8. The maximum absolute atomic E-state index is 12.8. The highest BCUT2D eigenvalue weighted by Gasteiger charge is 2.31. The van der Waals surface area contributed by atoms with Crippen molar-refractivity contribution in [1.82, 2.24) is 9.55 Å². The van der Waals surface area contributed by atoms with E-state index in [4.69, 9.17) is 11.6 Å². The van der Waals surface area contributed by atoms with Gasteiger partial charge in [-0.05, 0) is 47.9 Å². The topological polar surface area (TPSA) is 34.9 Å². The van der Waals surface area contributed by atoms with Gasteiger partial charge < -0.3 is 4.57 Å². The summed E-state index contributed by atoms with van der Waals surface area (Å²) in [4.78, 5) is 17.1. The molecule has 1 aliphatic rings.